The molecule has 0 spiro atoms. The van der Waals surface area contributed by atoms with E-state index in [2.05, 4.69) is 27.7 Å². The van der Waals surface area contributed by atoms with Crippen molar-refractivity contribution in [2.24, 2.45) is 11.0 Å². The van der Waals surface area contributed by atoms with Gasteiger partial charge in [-0.3, -0.25) is 0 Å². The fraction of sp³-hybridized carbons (Fsp3) is 0.538. The van der Waals surface area contributed by atoms with Gasteiger partial charge in [-0.25, -0.2) is 0 Å². The molecule has 18 heavy (non-hydrogen) atoms. The van der Waals surface area contributed by atoms with Gasteiger partial charge in [0, 0.05) is 11.9 Å². The first-order valence-electron chi connectivity index (χ1n) is 5.90. The molecule has 1 aliphatic heterocycles. The van der Waals surface area contributed by atoms with Crippen LogP contribution in [-0.4, -0.2) is 16.3 Å². The second-order valence-corrected chi connectivity index (χ2v) is 6.60. The van der Waals surface area contributed by atoms with Crippen LogP contribution < -0.4 is 0 Å². The highest BCUT2D eigenvalue weighted by Gasteiger charge is 2.47. The minimum Gasteiger partial charge on any atom is -0.0842 e. The number of halogens is 3. The minimum atomic E-state index is -0.119. The van der Waals surface area contributed by atoms with Gasteiger partial charge in [-0.1, -0.05) is 46.4 Å². The molecule has 0 bridgehead atoms. The summed E-state index contributed by atoms with van der Waals surface area (Å²) in [7, 11) is 0. The molecule has 0 aliphatic carbocycles. The summed E-state index contributed by atoms with van der Waals surface area (Å²) < 4.78 is 1.92. The molecule has 1 aromatic carbocycles. The lowest BCUT2D eigenvalue weighted by molar-refractivity contribution is -0.538. The highest BCUT2D eigenvalue weighted by atomic mass is 35.5. The average molecular weight is 307 g/mol. The molecule has 0 amide bonds. The second-order valence-electron chi connectivity index (χ2n) is 5.35. The van der Waals surface area contributed by atoms with E-state index in [1.54, 1.807) is 12.1 Å². The summed E-state index contributed by atoms with van der Waals surface area (Å²) in [5.74, 6) is 0.417. The molecule has 1 aromatic rings. The van der Waals surface area contributed by atoms with Crippen molar-refractivity contribution in [3.05, 3.63) is 27.2 Å². The summed E-state index contributed by atoms with van der Waals surface area (Å²) in [5.41, 5.74) is 0.624. The third-order valence-corrected chi connectivity index (χ3v) is 4.59. The zero-order valence-corrected chi connectivity index (χ0v) is 13.1. The standard InChI is InChI=1S/C13H16Cl3N2/c1-7-8(2)18(17-13(7,3)4)12-10(15)5-9(14)6-11(12)16/h5-8H,1-4H3/q+1/t7-,8+/m0/s1. The first-order chi connectivity index (χ1) is 8.24. The fourth-order valence-electron chi connectivity index (χ4n) is 2.27. The van der Waals surface area contributed by atoms with E-state index >= 15 is 0 Å². The predicted molar refractivity (Wildman–Crippen MR) is 76.5 cm³/mol. The summed E-state index contributed by atoms with van der Waals surface area (Å²) in [5, 5.41) is 6.33. The molecule has 5 heteroatoms. The Balaban J connectivity index is 2.58. The SMILES string of the molecule is C[C@@H]1[C@H](C)C(C)(C)N=[N+]1c1c(Cl)cc(Cl)cc1Cl. The van der Waals surface area contributed by atoms with E-state index in [0.29, 0.717) is 21.0 Å². The monoisotopic (exact) mass is 305 g/mol. The van der Waals surface area contributed by atoms with Gasteiger partial charge in [0.25, 0.3) is 5.69 Å². The molecule has 0 unspecified atom stereocenters. The topological polar surface area (TPSA) is 15.4 Å². The van der Waals surface area contributed by atoms with Crippen molar-refractivity contribution in [1.82, 2.24) is 0 Å². The van der Waals surface area contributed by atoms with Crippen molar-refractivity contribution in [3.63, 3.8) is 0 Å². The minimum absolute atomic E-state index is 0.119. The Morgan fingerprint density at radius 3 is 2.00 bits per heavy atom. The van der Waals surface area contributed by atoms with Crippen LogP contribution in [0.25, 0.3) is 0 Å². The summed E-state index contributed by atoms with van der Waals surface area (Å²) >= 11 is 18.4. The van der Waals surface area contributed by atoms with Crippen LogP contribution in [0.1, 0.15) is 27.7 Å². The number of rotatable bonds is 1. The number of hydrogen-bond donors (Lipinski definition) is 0. The van der Waals surface area contributed by atoms with Crippen LogP contribution in [0.2, 0.25) is 15.1 Å². The highest BCUT2D eigenvalue weighted by molar-refractivity contribution is 6.40. The molecular weight excluding hydrogens is 291 g/mol. The fourth-order valence-corrected chi connectivity index (χ4v) is 3.26. The molecule has 1 aliphatic rings. The van der Waals surface area contributed by atoms with Gasteiger partial charge in [-0.05, 0) is 31.1 Å². The highest BCUT2D eigenvalue weighted by Crippen LogP contribution is 2.43. The molecule has 0 fully saturated rings. The maximum absolute atomic E-state index is 6.25. The van der Waals surface area contributed by atoms with E-state index < -0.39 is 0 Å². The number of nitrogens with zero attached hydrogens (tertiary/aromatic N) is 2. The lowest BCUT2D eigenvalue weighted by Crippen LogP contribution is -2.29. The van der Waals surface area contributed by atoms with Gasteiger partial charge < -0.3 is 0 Å². The van der Waals surface area contributed by atoms with E-state index in [-0.39, 0.29) is 11.6 Å². The lowest BCUT2D eigenvalue weighted by Gasteiger charge is -2.15. The van der Waals surface area contributed by atoms with Gasteiger partial charge in [-0.15, -0.1) is 0 Å². The van der Waals surface area contributed by atoms with Crippen molar-refractivity contribution in [2.75, 3.05) is 0 Å². The van der Waals surface area contributed by atoms with Crippen LogP contribution in [0, 0.1) is 5.92 Å². The Morgan fingerprint density at radius 1 is 1.11 bits per heavy atom. The molecule has 2 rings (SSSR count). The van der Waals surface area contributed by atoms with Crippen molar-refractivity contribution in [1.29, 1.82) is 0 Å². The van der Waals surface area contributed by atoms with E-state index in [9.17, 15) is 0 Å². The first kappa shape index (κ1) is 14.1. The smallest absolute Gasteiger partial charge is 0.0842 e. The average Bonchev–Trinajstić information content (AvgIpc) is 2.41. The van der Waals surface area contributed by atoms with Crippen molar-refractivity contribution in [2.45, 2.75) is 39.3 Å². The van der Waals surface area contributed by atoms with Gasteiger partial charge in [0.05, 0.1) is 5.92 Å². The van der Waals surface area contributed by atoms with Crippen LogP contribution in [0.15, 0.2) is 17.2 Å². The van der Waals surface area contributed by atoms with Gasteiger partial charge >= 0.3 is 0 Å². The summed E-state index contributed by atoms with van der Waals surface area (Å²) in [4.78, 5) is 0. The van der Waals surface area contributed by atoms with Gasteiger partial charge in [-0.2, -0.15) is 0 Å². The molecular formula is C13H16Cl3N2+. The molecule has 2 nitrogen and oxygen atoms in total. The van der Waals surface area contributed by atoms with Crippen molar-refractivity contribution in [3.8, 4) is 0 Å². The molecule has 0 N–H and O–H groups in total. The molecule has 2 atom stereocenters. The summed E-state index contributed by atoms with van der Waals surface area (Å²) in [6, 6.07) is 3.64. The zero-order chi connectivity index (χ0) is 13.7. The summed E-state index contributed by atoms with van der Waals surface area (Å²) in [6.45, 7) is 8.55. The summed E-state index contributed by atoms with van der Waals surface area (Å²) in [6.07, 6.45) is 0. The molecule has 0 aromatic heterocycles. The lowest BCUT2D eigenvalue weighted by atomic mass is 9.86. The van der Waals surface area contributed by atoms with Crippen LogP contribution in [0.3, 0.4) is 0 Å². The molecule has 0 saturated heterocycles. The molecule has 0 saturated carbocycles. The Hall–Kier alpha value is -0.310. The van der Waals surface area contributed by atoms with Gasteiger partial charge in [0.2, 0.25) is 0 Å². The Kier molecular flexibility index (Phi) is 3.65. The number of hydrogen-bond acceptors (Lipinski definition) is 1. The van der Waals surface area contributed by atoms with E-state index in [1.165, 1.54) is 0 Å². The predicted octanol–water partition coefficient (Wildman–Crippen LogP) is 5.56. The maximum atomic E-state index is 6.25. The van der Waals surface area contributed by atoms with Crippen molar-refractivity contribution < 1.29 is 4.70 Å². The maximum Gasteiger partial charge on any atom is 0.268 e. The largest absolute Gasteiger partial charge is 0.268 e. The first-order valence-corrected chi connectivity index (χ1v) is 7.04. The zero-order valence-electron chi connectivity index (χ0n) is 10.8. The Morgan fingerprint density at radius 2 is 1.61 bits per heavy atom. The third-order valence-electron chi connectivity index (χ3n) is 3.80. The number of benzene rings is 1. The van der Waals surface area contributed by atoms with E-state index in [4.69, 9.17) is 39.9 Å². The molecule has 1 heterocycles. The molecule has 0 radical (unpaired) electrons. The van der Waals surface area contributed by atoms with Crippen LogP contribution in [0.4, 0.5) is 5.69 Å². The van der Waals surface area contributed by atoms with Gasteiger partial charge in [0.15, 0.2) is 6.04 Å². The molecule has 98 valence electrons. The van der Waals surface area contributed by atoms with Crippen LogP contribution in [0.5, 0.6) is 0 Å². The van der Waals surface area contributed by atoms with Crippen LogP contribution in [-0.2, 0) is 0 Å². The van der Waals surface area contributed by atoms with E-state index in [1.807, 2.05) is 4.70 Å². The van der Waals surface area contributed by atoms with Crippen LogP contribution >= 0.6 is 34.8 Å². The van der Waals surface area contributed by atoms with Crippen molar-refractivity contribution >= 4 is 40.5 Å². The normalized spacial score (nSPS) is 26.3. The van der Waals surface area contributed by atoms with E-state index in [0.717, 1.165) is 5.69 Å². The number of azo groups is 2. The Bertz CT molecular complexity index is 500. The second kappa shape index (κ2) is 4.66. The Labute approximate surface area is 123 Å². The third kappa shape index (κ3) is 2.26. The van der Waals surface area contributed by atoms with Gasteiger partial charge in [0.1, 0.15) is 15.6 Å². The quantitative estimate of drug-likeness (QED) is 0.604.